The largest absolute Gasteiger partial charge is 0.0714 e. The van der Waals surface area contributed by atoms with Gasteiger partial charge < -0.3 is 0 Å². The third-order valence-corrected chi connectivity index (χ3v) is 11.1. The highest BCUT2D eigenvalue weighted by atomic mass is 14.5. The van der Waals surface area contributed by atoms with Gasteiger partial charge in [0.05, 0.1) is 5.41 Å². The van der Waals surface area contributed by atoms with Crippen LogP contribution in [-0.4, -0.2) is 0 Å². The normalized spacial score (nSPS) is 14.1. The molecule has 0 aliphatic heterocycles. The molecule has 0 saturated carbocycles. The van der Waals surface area contributed by atoms with Crippen molar-refractivity contribution in [3.8, 4) is 22.3 Å². The summed E-state index contributed by atoms with van der Waals surface area (Å²) in [6.07, 6.45) is 0. The lowest BCUT2D eigenvalue weighted by Crippen LogP contribution is -2.34. The molecule has 0 amide bonds. The van der Waals surface area contributed by atoms with E-state index in [1.165, 1.54) is 88.0 Å². The van der Waals surface area contributed by atoms with Crippen LogP contribution in [0.3, 0.4) is 0 Å². The van der Waals surface area contributed by atoms with Gasteiger partial charge in [-0.1, -0.05) is 175 Å². The highest BCUT2D eigenvalue weighted by Crippen LogP contribution is 2.59. The van der Waals surface area contributed by atoms with Gasteiger partial charge in [-0.2, -0.15) is 0 Å². The molecule has 49 heavy (non-hydrogen) atoms. The Hall–Kier alpha value is -5.20. The fourth-order valence-electron chi connectivity index (χ4n) is 9.06. The SMILES string of the molecule is CC(C)(C)c1cc(C(C)(C)C)c2cc3c4c(cc(-c5ccccc5)c5ccc1c2c54)C(c1ccccc1)(c1ccccc1)c1ccccc1-3. The van der Waals surface area contributed by atoms with Crippen molar-refractivity contribution in [3.63, 3.8) is 0 Å². The van der Waals surface area contributed by atoms with E-state index in [-0.39, 0.29) is 10.8 Å². The van der Waals surface area contributed by atoms with E-state index < -0.39 is 5.41 Å². The van der Waals surface area contributed by atoms with E-state index >= 15 is 0 Å². The summed E-state index contributed by atoms with van der Waals surface area (Å²) >= 11 is 0. The molecule has 0 aromatic heterocycles. The highest BCUT2D eigenvalue weighted by molar-refractivity contribution is 6.31. The minimum absolute atomic E-state index is 0.0161. The lowest BCUT2D eigenvalue weighted by atomic mass is 9.58. The van der Waals surface area contributed by atoms with Crippen LogP contribution in [0.25, 0.3) is 54.6 Å². The molecule has 0 atom stereocenters. The summed E-state index contributed by atoms with van der Waals surface area (Å²) in [5, 5.41) is 8.25. The summed E-state index contributed by atoms with van der Waals surface area (Å²) < 4.78 is 0. The van der Waals surface area contributed by atoms with Crippen molar-refractivity contribution >= 4 is 32.3 Å². The van der Waals surface area contributed by atoms with Crippen molar-refractivity contribution in [3.05, 3.63) is 179 Å². The van der Waals surface area contributed by atoms with Crippen LogP contribution in [0.4, 0.5) is 0 Å². The third kappa shape index (κ3) is 4.16. The lowest BCUT2D eigenvalue weighted by Gasteiger charge is -2.43. The first-order valence-electron chi connectivity index (χ1n) is 17.7. The molecular weight excluding hydrogens is 589 g/mol. The monoisotopic (exact) mass is 630 g/mol. The van der Waals surface area contributed by atoms with E-state index in [4.69, 9.17) is 0 Å². The van der Waals surface area contributed by atoms with Crippen LogP contribution in [0, 0.1) is 0 Å². The third-order valence-electron chi connectivity index (χ3n) is 11.1. The molecule has 0 radical (unpaired) electrons. The second-order valence-corrected chi connectivity index (χ2v) is 16.1. The second kappa shape index (κ2) is 10.4. The van der Waals surface area contributed by atoms with Gasteiger partial charge in [0, 0.05) is 0 Å². The second-order valence-electron chi connectivity index (χ2n) is 16.1. The Morgan fingerprint density at radius 2 is 0.898 bits per heavy atom. The molecule has 0 nitrogen and oxygen atoms in total. The Morgan fingerprint density at radius 1 is 0.367 bits per heavy atom. The van der Waals surface area contributed by atoms with Crippen LogP contribution in [0.2, 0.25) is 0 Å². The molecule has 0 bridgehead atoms. The van der Waals surface area contributed by atoms with Crippen LogP contribution in [-0.2, 0) is 16.2 Å². The standard InChI is InChI=1S/C49H42/c1-47(2,3)41-30-42(48(4,5)6)39-28-38-34-24-16-17-25-40(34)49(32-20-12-8-13-21-32,33-22-14-9-15-23-33)43-29-37(31-18-10-7-11-19-31)35-26-27-36(41)44(39)46(35)45(38)43/h7-30H,1-6H3. The Balaban J connectivity index is 1.63. The zero-order chi connectivity index (χ0) is 33.7. The van der Waals surface area contributed by atoms with Gasteiger partial charge >= 0.3 is 0 Å². The molecule has 1 aliphatic rings. The minimum atomic E-state index is -0.516. The molecule has 0 N–H and O–H groups in total. The maximum Gasteiger partial charge on any atom is 0.0714 e. The van der Waals surface area contributed by atoms with Gasteiger partial charge in [0.2, 0.25) is 0 Å². The zero-order valence-electron chi connectivity index (χ0n) is 29.4. The summed E-state index contributed by atoms with van der Waals surface area (Å²) in [5.74, 6) is 0. The van der Waals surface area contributed by atoms with E-state index in [2.05, 4.69) is 187 Å². The maximum atomic E-state index is 2.56. The van der Waals surface area contributed by atoms with Crippen molar-refractivity contribution in [2.75, 3.05) is 0 Å². The highest BCUT2D eigenvalue weighted by Gasteiger charge is 2.45. The van der Waals surface area contributed by atoms with Crippen molar-refractivity contribution in [2.24, 2.45) is 0 Å². The predicted molar refractivity (Wildman–Crippen MR) is 210 cm³/mol. The molecule has 0 unspecified atom stereocenters. The van der Waals surface area contributed by atoms with Gasteiger partial charge in [-0.25, -0.2) is 0 Å². The molecule has 0 fully saturated rings. The van der Waals surface area contributed by atoms with Crippen molar-refractivity contribution < 1.29 is 0 Å². The van der Waals surface area contributed by atoms with Gasteiger partial charge in [-0.3, -0.25) is 0 Å². The predicted octanol–water partition coefficient (Wildman–Crippen LogP) is 13.2. The van der Waals surface area contributed by atoms with Gasteiger partial charge in [-0.05, 0) is 111 Å². The Kier molecular flexibility index (Phi) is 6.35. The van der Waals surface area contributed by atoms with Crippen LogP contribution in [0.1, 0.15) is 74.9 Å². The van der Waals surface area contributed by atoms with E-state index in [0.717, 1.165) is 0 Å². The Bertz CT molecular complexity index is 2480. The average molecular weight is 631 g/mol. The molecule has 238 valence electrons. The zero-order valence-corrected chi connectivity index (χ0v) is 29.4. The molecule has 0 heterocycles. The fourth-order valence-corrected chi connectivity index (χ4v) is 9.06. The number of fused-ring (bicyclic) bond motifs is 2. The molecule has 0 spiro atoms. The number of hydrogen-bond acceptors (Lipinski definition) is 0. The van der Waals surface area contributed by atoms with Gasteiger partial charge in [0.25, 0.3) is 0 Å². The molecule has 8 aromatic rings. The summed E-state index contributed by atoms with van der Waals surface area (Å²) in [7, 11) is 0. The number of hydrogen-bond donors (Lipinski definition) is 0. The molecule has 8 aromatic carbocycles. The molecule has 0 heteroatoms. The lowest BCUT2D eigenvalue weighted by molar-refractivity contribution is 0.576. The average Bonchev–Trinajstić information content (AvgIpc) is 3.11. The molecular formula is C49H42. The topological polar surface area (TPSA) is 0 Å². The van der Waals surface area contributed by atoms with E-state index in [1.54, 1.807) is 0 Å². The molecule has 0 saturated heterocycles. The van der Waals surface area contributed by atoms with E-state index in [9.17, 15) is 0 Å². The van der Waals surface area contributed by atoms with Crippen molar-refractivity contribution in [2.45, 2.75) is 57.8 Å². The van der Waals surface area contributed by atoms with Crippen LogP contribution in [0.5, 0.6) is 0 Å². The first-order valence-corrected chi connectivity index (χ1v) is 17.7. The Labute approximate surface area is 290 Å². The van der Waals surface area contributed by atoms with Crippen LogP contribution < -0.4 is 0 Å². The summed E-state index contributed by atoms with van der Waals surface area (Å²) in [4.78, 5) is 0. The van der Waals surface area contributed by atoms with Crippen LogP contribution >= 0.6 is 0 Å². The van der Waals surface area contributed by atoms with E-state index in [0.29, 0.717) is 0 Å². The first kappa shape index (κ1) is 29.9. The summed E-state index contributed by atoms with van der Waals surface area (Å²) in [6.45, 7) is 14.2. The van der Waals surface area contributed by atoms with Crippen LogP contribution in [0.15, 0.2) is 146 Å². The van der Waals surface area contributed by atoms with Crippen molar-refractivity contribution in [1.82, 2.24) is 0 Å². The number of rotatable bonds is 3. The smallest absolute Gasteiger partial charge is 0.0622 e. The van der Waals surface area contributed by atoms with E-state index in [1.807, 2.05) is 0 Å². The Morgan fingerprint density at radius 3 is 1.51 bits per heavy atom. The van der Waals surface area contributed by atoms with Gasteiger partial charge in [0.15, 0.2) is 0 Å². The summed E-state index contributed by atoms with van der Waals surface area (Å²) in [5.41, 5.74) is 12.7. The van der Waals surface area contributed by atoms with Gasteiger partial charge in [0.1, 0.15) is 0 Å². The first-order chi connectivity index (χ1) is 23.6. The molecule has 9 rings (SSSR count). The molecule has 1 aliphatic carbocycles. The maximum absolute atomic E-state index is 2.56. The summed E-state index contributed by atoms with van der Waals surface area (Å²) in [6, 6.07) is 55.2. The minimum Gasteiger partial charge on any atom is -0.0622 e. The quantitative estimate of drug-likeness (QED) is 0.170. The van der Waals surface area contributed by atoms with Crippen molar-refractivity contribution in [1.29, 1.82) is 0 Å². The fraction of sp³-hybridized carbons (Fsp3) is 0.184. The van der Waals surface area contributed by atoms with Gasteiger partial charge in [-0.15, -0.1) is 0 Å². The number of benzene rings is 8.